The summed E-state index contributed by atoms with van der Waals surface area (Å²) in [6, 6.07) is 0. The van der Waals surface area contributed by atoms with Crippen LogP contribution in [-0.2, 0) is 18.9 Å². The van der Waals surface area contributed by atoms with Crippen molar-refractivity contribution in [1.82, 2.24) is 21.3 Å². The fourth-order valence-electron chi connectivity index (χ4n) is 4.48. The Balaban J connectivity index is 4.45. The van der Waals surface area contributed by atoms with Crippen molar-refractivity contribution >= 4 is 24.4 Å². The molecule has 1 unspecified atom stereocenters. The second-order valence-corrected chi connectivity index (χ2v) is 12.8. The molecule has 0 aromatic heterocycles. The van der Waals surface area contributed by atoms with E-state index < -0.39 is 35.5 Å². The molecule has 0 aliphatic carbocycles. The average Bonchev–Trinajstić information content (AvgIpc) is 2.98. The molecule has 46 heavy (non-hydrogen) atoms. The monoisotopic (exact) mass is 659 g/mol. The third-order valence-electron chi connectivity index (χ3n) is 7.08. The molecule has 13 heteroatoms. The number of amides is 4. The van der Waals surface area contributed by atoms with Crippen molar-refractivity contribution in [3.8, 4) is 0 Å². The lowest BCUT2D eigenvalue weighted by Crippen LogP contribution is -2.42. The van der Waals surface area contributed by atoms with E-state index in [0.717, 1.165) is 51.4 Å². The van der Waals surface area contributed by atoms with E-state index in [1.54, 1.807) is 20.8 Å². The van der Waals surface area contributed by atoms with E-state index in [1.807, 2.05) is 0 Å². The van der Waals surface area contributed by atoms with Gasteiger partial charge in [0.25, 0.3) is 0 Å². The molecule has 0 bridgehead atoms. The summed E-state index contributed by atoms with van der Waals surface area (Å²) in [5, 5.41) is 10.9. The fourth-order valence-corrected chi connectivity index (χ4v) is 4.48. The highest BCUT2D eigenvalue weighted by Crippen LogP contribution is 2.21. The molecule has 13 nitrogen and oxygen atoms in total. The van der Waals surface area contributed by atoms with Crippen LogP contribution in [-0.4, -0.2) is 81.5 Å². The van der Waals surface area contributed by atoms with Gasteiger partial charge in [-0.25, -0.2) is 19.2 Å². The topological polar surface area (TPSA) is 179 Å². The number of hydrogen-bond donors (Lipinski definition) is 5. The Morgan fingerprint density at radius 1 is 0.500 bits per heavy atom. The van der Waals surface area contributed by atoms with Gasteiger partial charge in [0.2, 0.25) is 0 Å². The summed E-state index contributed by atoms with van der Waals surface area (Å²) in [5.41, 5.74) is 5.48. The Labute approximate surface area is 277 Å². The Morgan fingerprint density at radius 3 is 1.26 bits per heavy atom. The van der Waals surface area contributed by atoms with Crippen LogP contribution in [0.5, 0.6) is 0 Å². The van der Waals surface area contributed by atoms with Crippen LogP contribution in [0.1, 0.15) is 131 Å². The van der Waals surface area contributed by atoms with Crippen LogP contribution in [0.4, 0.5) is 19.2 Å². The summed E-state index contributed by atoms with van der Waals surface area (Å²) in [6.07, 6.45) is 10.6. The van der Waals surface area contributed by atoms with Crippen LogP contribution in [0, 0.1) is 0 Å². The maximum atomic E-state index is 12.1. The summed E-state index contributed by atoms with van der Waals surface area (Å²) in [5.74, 6) is 0. The van der Waals surface area contributed by atoms with Gasteiger partial charge in [-0.3, -0.25) is 0 Å². The summed E-state index contributed by atoms with van der Waals surface area (Å²) in [7, 11) is 0. The molecule has 0 aromatic rings. The van der Waals surface area contributed by atoms with Crippen molar-refractivity contribution in [2.45, 2.75) is 142 Å². The zero-order valence-electron chi connectivity index (χ0n) is 29.4. The van der Waals surface area contributed by atoms with Crippen LogP contribution in [0.3, 0.4) is 0 Å². The van der Waals surface area contributed by atoms with Crippen molar-refractivity contribution in [2.24, 2.45) is 5.73 Å². The van der Waals surface area contributed by atoms with E-state index in [0.29, 0.717) is 71.1 Å². The lowest BCUT2D eigenvalue weighted by Gasteiger charge is -2.29. The molecular formula is C33H65N5O8. The number of unbranched alkanes of at least 4 members (excludes halogenated alkanes) is 7. The molecule has 6 N–H and O–H groups in total. The maximum Gasteiger partial charge on any atom is 0.407 e. The molecule has 0 radical (unpaired) electrons. The Morgan fingerprint density at radius 2 is 0.870 bits per heavy atom. The largest absolute Gasteiger partial charge is 0.450 e. The SMILES string of the molecule is CCCCCCNC(=O)OCCCC(N)(CCCOC(=O)NCCCCNC(=O)OC(C)(C)C)CCOC(=O)NCCCCCC. The van der Waals surface area contributed by atoms with Gasteiger partial charge in [-0.15, -0.1) is 0 Å². The second kappa shape index (κ2) is 27.2. The first kappa shape index (κ1) is 43.0. The van der Waals surface area contributed by atoms with E-state index in [1.165, 1.54) is 0 Å². The standard InChI is InChI=1S/C33H65N5O8/c1-6-8-10-12-21-35-28(39)43-25-16-18-33(34,20-27-45-30(41)36-22-13-11-9-7-2)19-17-26-44-29(40)37-23-14-15-24-38-31(42)46-32(3,4)5/h6-27,34H2,1-5H3,(H,35,39)(H,36,41)(H,37,40)(H,38,42). The number of nitrogens with one attached hydrogen (secondary N) is 4. The van der Waals surface area contributed by atoms with Crippen LogP contribution in [0.25, 0.3) is 0 Å². The van der Waals surface area contributed by atoms with Gasteiger partial charge < -0.3 is 45.9 Å². The van der Waals surface area contributed by atoms with Crippen LogP contribution in [0.2, 0.25) is 0 Å². The predicted molar refractivity (Wildman–Crippen MR) is 180 cm³/mol. The zero-order chi connectivity index (χ0) is 34.5. The number of nitrogens with two attached hydrogens (primary N) is 1. The smallest absolute Gasteiger partial charge is 0.407 e. The molecule has 0 aliphatic rings. The van der Waals surface area contributed by atoms with Crippen molar-refractivity contribution in [1.29, 1.82) is 0 Å². The van der Waals surface area contributed by atoms with Gasteiger partial charge in [0, 0.05) is 31.7 Å². The highest BCUT2D eigenvalue weighted by molar-refractivity contribution is 5.68. The van der Waals surface area contributed by atoms with E-state index in [-0.39, 0.29) is 19.8 Å². The van der Waals surface area contributed by atoms with Gasteiger partial charge in [-0.1, -0.05) is 52.4 Å². The molecule has 0 fully saturated rings. The van der Waals surface area contributed by atoms with Crippen LogP contribution >= 0.6 is 0 Å². The van der Waals surface area contributed by atoms with Crippen molar-refractivity contribution in [3.05, 3.63) is 0 Å². The van der Waals surface area contributed by atoms with Gasteiger partial charge in [0.1, 0.15) is 5.60 Å². The van der Waals surface area contributed by atoms with E-state index in [9.17, 15) is 19.2 Å². The van der Waals surface area contributed by atoms with E-state index in [2.05, 4.69) is 35.1 Å². The van der Waals surface area contributed by atoms with Gasteiger partial charge in [-0.05, 0) is 78.6 Å². The van der Waals surface area contributed by atoms with Crippen LogP contribution in [0.15, 0.2) is 0 Å². The zero-order valence-corrected chi connectivity index (χ0v) is 29.4. The van der Waals surface area contributed by atoms with E-state index >= 15 is 0 Å². The molecule has 0 spiro atoms. The normalized spacial score (nSPS) is 12.4. The molecule has 0 heterocycles. The summed E-state index contributed by atoms with van der Waals surface area (Å²) < 4.78 is 21.1. The Bertz CT molecular complexity index is 824. The van der Waals surface area contributed by atoms with Crippen molar-refractivity contribution < 1.29 is 38.1 Å². The van der Waals surface area contributed by atoms with Gasteiger partial charge in [0.05, 0.1) is 19.8 Å². The highest BCUT2D eigenvalue weighted by atomic mass is 16.6. The number of hydrogen-bond acceptors (Lipinski definition) is 9. The molecule has 0 saturated carbocycles. The lowest BCUT2D eigenvalue weighted by molar-refractivity contribution is 0.0526. The number of ether oxygens (including phenoxy) is 4. The Kier molecular flexibility index (Phi) is 25.4. The predicted octanol–water partition coefficient (Wildman–Crippen LogP) is 6.28. The molecule has 0 saturated heterocycles. The third kappa shape index (κ3) is 28.5. The number of carbonyl (C=O) groups is 4. The third-order valence-corrected chi connectivity index (χ3v) is 7.08. The van der Waals surface area contributed by atoms with Gasteiger partial charge >= 0.3 is 24.4 Å². The first-order valence-corrected chi connectivity index (χ1v) is 17.4. The summed E-state index contributed by atoms with van der Waals surface area (Å²) >= 11 is 0. The number of rotatable bonds is 26. The van der Waals surface area contributed by atoms with Gasteiger partial charge in [-0.2, -0.15) is 0 Å². The minimum absolute atomic E-state index is 0.153. The molecule has 270 valence electrons. The maximum absolute atomic E-state index is 12.1. The lowest BCUT2D eigenvalue weighted by atomic mass is 9.86. The second-order valence-electron chi connectivity index (χ2n) is 12.8. The van der Waals surface area contributed by atoms with E-state index in [4.69, 9.17) is 24.7 Å². The molecule has 0 aromatic carbocycles. The fraction of sp³-hybridized carbons (Fsp3) is 0.879. The number of alkyl carbamates (subject to hydrolysis) is 4. The minimum atomic E-state index is -0.692. The van der Waals surface area contributed by atoms with Crippen molar-refractivity contribution in [3.63, 3.8) is 0 Å². The first-order chi connectivity index (χ1) is 21.9. The highest BCUT2D eigenvalue weighted by Gasteiger charge is 2.25. The quantitative estimate of drug-likeness (QED) is 0.0528. The summed E-state index contributed by atoms with van der Waals surface area (Å²) in [6.45, 7) is 12.3. The molecular weight excluding hydrogens is 594 g/mol. The molecule has 1 atom stereocenters. The van der Waals surface area contributed by atoms with Gasteiger partial charge in [0.15, 0.2) is 0 Å². The first-order valence-electron chi connectivity index (χ1n) is 17.4. The van der Waals surface area contributed by atoms with Crippen LogP contribution < -0.4 is 27.0 Å². The molecule has 4 amide bonds. The Hall–Kier alpha value is -2.96. The summed E-state index contributed by atoms with van der Waals surface area (Å²) in [4.78, 5) is 47.8. The average molecular weight is 660 g/mol. The molecule has 0 aliphatic heterocycles. The number of carbonyl (C=O) groups excluding carboxylic acids is 4. The van der Waals surface area contributed by atoms with Crippen molar-refractivity contribution in [2.75, 3.05) is 46.0 Å². The molecule has 0 rings (SSSR count). The minimum Gasteiger partial charge on any atom is -0.450 e.